The average Bonchev–Trinajstić information content (AvgIpc) is 3.49. The van der Waals surface area contributed by atoms with Crippen LogP contribution in [0.3, 0.4) is 0 Å². The molecule has 8 nitrogen and oxygen atoms in total. The van der Waals surface area contributed by atoms with E-state index in [9.17, 15) is 5.11 Å². The molecule has 8 heteroatoms. The number of nitriles is 1. The van der Waals surface area contributed by atoms with Crippen LogP contribution in [0.1, 0.15) is 46.9 Å². The maximum absolute atomic E-state index is 11.5. The standard InChI is InChI=1S/C26H24N6O2/c1-18-16-31(17-28-18)22-10-6-19(14-23(22)34-2)7-11-24-29-25-26(33,12-3-13-32(25)30-24)21-8-4-20(15-27)5-9-21/h4-11,14,16-17,33H,3,12-13H2,1-2H3/b11-7+/t26-/m0/s1. The number of benzene rings is 2. The van der Waals surface area contributed by atoms with Gasteiger partial charge in [0, 0.05) is 12.7 Å². The van der Waals surface area contributed by atoms with Gasteiger partial charge in [-0.3, -0.25) is 0 Å². The van der Waals surface area contributed by atoms with E-state index < -0.39 is 5.60 Å². The molecule has 0 fully saturated rings. The summed E-state index contributed by atoms with van der Waals surface area (Å²) < 4.78 is 9.29. The summed E-state index contributed by atoms with van der Waals surface area (Å²) in [5.41, 5.74) is 2.81. The zero-order valence-electron chi connectivity index (χ0n) is 19.0. The van der Waals surface area contributed by atoms with E-state index in [1.165, 1.54) is 0 Å². The first-order valence-corrected chi connectivity index (χ1v) is 11.1. The minimum atomic E-state index is -1.24. The minimum Gasteiger partial charge on any atom is -0.495 e. The van der Waals surface area contributed by atoms with Crippen molar-refractivity contribution in [2.24, 2.45) is 0 Å². The Hall–Kier alpha value is -4.22. The second kappa shape index (κ2) is 8.61. The highest BCUT2D eigenvalue weighted by Gasteiger charge is 2.39. The molecular formula is C26H24N6O2. The van der Waals surface area contributed by atoms with Gasteiger partial charge < -0.3 is 14.4 Å². The molecule has 0 spiro atoms. The maximum atomic E-state index is 11.5. The molecule has 1 aliphatic rings. The Morgan fingerprint density at radius 1 is 1.18 bits per heavy atom. The first kappa shape index (κ1) is 21.6. The quantitative estimate of drug-likeness (QED) is 0.493. The number of aromatic nitrogens is 5. The molecule has 170 valence electrons. The number of aliphatic hydroxyl groups is 1. The van der Waals surface area contributed by atoms with Gasteiger partial charge in [0.1, 0.15) is 11.4 Å². The Kier molecular flexibility index (Phi) is 5.48. The Labute approximate surface area is 197 Å². The normalized spacial score (nSPS) is 17.5. The van der Waals surface area contributed by atoms with Crippen LogP contribution in [0.4, 0.5) is 0 Å². The van der Waals surface area contributed by atoms with Crippen molar-refractivity contribution in [2.45, 2.75) is 31.9 Å². The lowest BCUT2D eigenvalue weighted by atomic mass is 9.86. The zero-order chi connectivity index (χ0) is 23.7. The first-order valence-electron chi connectivity index (χ1n) is 11.1. The lowest BCUT2D eigenvalue weighted by molar-refractivity contribution is 0.0395. The van der Waals surface area contributed by atoms with E-state index in [0.29, 0.717) is 35.7 Å². The number of imidazole rings is 1. The highest BCUT2D eigenvalue weighted by Crippen LogP contribution is 2.36. The molecule has 0 bridgehead atoms. The van der Waals surface area contributed by atoms with E-state index in [4.69, 9.17) is 10.00 Å². The Morgan fingerprint density at radius 3 is 2.71 bits per heavy atom. The van der Waals surface area contributed by atoms with Crippen LogP contribution in [0.15, 0.2) is 55.0 Å². The van der Waals surface area contributed by atoms with Gasteiger partial charge in [-0.25, -0.2) is 14.6 Å². The van der Waals surface area contributed by atoms with Crippen molar-refractivity contribution in [1.29, 1.82) is 5.26 Å². The molecule has 1 atom stereocenters. The molecule has 34 heavy (non-hydrogen) atoms. The van der Waals surface area contributed by atoms with Crippen molar-refractivity contribution in [1.82, 2.24) is 24.3 Å². The van der Waals surface area contributed by atoms with Gasteiger partial charge >= 0.3 is 0 Å². The molecule has 1 N–H and O–H groups in total. The summed E-state index contributed by atoms with van der Waals surface area (Å²) in [6.07, 6.45) is 8.79. The molecule has 0 radical (unpaired) electrons. The highest BCUT2D eigenvalue weighted by molar-refractivity contribution is 5.69. The van der Waals surface area contributed by atoms with Gasteiger partial charge in [-0.1, -0.05) is 24.3 Å². The molecule has 0 amide bonds. The topological polar surface area (TPSA) is 102 Å². The summed E-state index contributed by atoms with van der Waals surface area (Å²) in [5.74, 6) is 1.77. The van der Waals surface area contributed by atoms with Crippen LogP contribution < -0.4 is 4.74 Å². The summed E-state index contributed by atoms with van der Waals surface area (Å²) in [4.78, 5) is 8.94. The summed E-state index contributed by atoms with van der Waals surface area (Å²) in [6, 6.07) is 15.0. The number of fused-ring (bicyclic) bond motifs is 1. The molecule has 0 aliphatic carbocycles. The molecule has 1 aliphatic heterocycles. The average molecular weight is 453 g/mol. The van der Waals surface area contributed by atoms with Gasteiger partial charge in [0.25, 0.3) is 0 Å². The fraction of sp³-hybridized carbons (Fsp3) is 0.231. The number of nitrogens with zero attached hydrogens (tertiary/aromatic N) is 6. The summed E-state index contributed by atoms with van der Waals surface area (Å²) >= 11 is 0. The zero-order valence-corrected chi connectivity index (χ0v) is 19.0. The lowest BCUT2D eigenvalue weighted by Gasteiger charge is -2.31. The number of methoxy groups -OCH3 is 1. The number of aryl methyl sites for hydroxylation is 2. The largest absolute Gasteiger partial charge is 0.495 e. The van der Waals surface area contributed by atoms with Gasteiger partial charge in [0.15, 0.2) is 11.6 Å². The van der Waals surface area contributed by atoms with Crippen molar-refractivity contribution in [3.05, 3.63) is 89.0 Å². The van der Waals surface area contributed by atoms with E-state index in [2.05, 4.69) is 21.1 Å². The first-order chi connectivity index (χ1) is 16.5. The molecule has 0 saturated carbocycles. The van der Waals surface area contributed by atoms with Gasteiger partial charge in [0.2, 0.25) is 0 Å². The molecule has 4 aromatic rings. The third-order valence-electron chi connectivity index (χ3n) is 6.08. The molecular weight excluding hydrogens is 428 g/mol. The fourth-order valence-corrected chi connectivity index (χ4v) is 4.32. The Balaban J connectivity index is 1.43. The smallest absolute Gasteiger partial charge is 0.174 e. The van der Waals surface area contributed by atoms with Crippen LogP contribution in [0.5, 0.6) is 5.75 Å². The van der Waals surface area contributed by atoms with Crippen molar-refractivity contribution >= 4 is 12.2 Å². The third kappa shape index (κ3) is 3.87. The summed E-state index contributed by atoms with van der Waals surface area (Å²) in [6.45, 7) is 2.64. The monoisotopic (exact) mass is 452 g/mol. The minimum absolute atomic E-state index is 0.520. The number of ether oxygens (including phenoxy) is 1. The van der Waals surface area contributed by atoms with E-state index in [1.807, 2.05) is 48.0 Å². The second-order valence-electron chi connectivity index (χ2n) is 8.36. The van der Waals surface area contributed by atoms with Gasteiger partial charge in [-0.2, -0.15) is 10.4 Å². The number of hydrogen-bond acceptors (Lipinski definition) is 6. The van der Waals surface area contributed by atoms with E-state index in [-0.39, 0.29) is 0 Å². The van der Waals surface area contributed by atoms with Gasteiger partial charge in [-0.05, 0) is 61.2 Å². The van der Waals surface area contributed by atoms with E-state index in [0.717, 1.165) is 29.1 Å². The van der Waals surface area contributed by atoms with Crippen molar-refractivity contribution in [2.75, 3.05) is 7.11 Å². The molecule has 2 aromatic heterocycles. The van der Waals surface area contributed by atoms with Crippen LogP contribution >= 0.6 is 0 Å². The van der Waals surface area contributed by atoms with Crippen molar-refractivity contribution in [3.8, 4) is 17.5 Å². The molecule has 0 unspecified atom stereocenters. The fourth-order valence-electron chi connectivity index (χ4n) is 4.32. The highest BCUT2D eigenvalue weighted by atomic mass is 16.5. The van der Waals surface area contributed by atoms with Gasteiger partial charge in [0.05, 0.1) is 36.5 Å². The predicted octanol–water partition coefficient (Wildman–Crippen LogP) is 3.85. The van der Waals surface area contributed by atoms with Crippen LogP contribution in [0.2, 0.25) is 0 Å². The van der Waals surface area contributed by atoms with Gasteiger partial charge in [-0.15, -0.1) is 0 Å². The molecule has 5 rings (SSSR count). The molecule has 0 saturated heterocycles. The maximum Gasteiger partial charge on any atom is 0.174 e. The number of hydrogen-bond donors (Lipinski definition) is 1. The van der Waals surface area contributed by atoms with Crippen LogP contribution in [-0.2, 0) is 12.1 Å². The number of rotatable bonds is 5. The van der Waals surface area contributed by atoms with Crippen LogP contribution in [0, 0.1) is 18.3 Å². The Bertz CT molecular complexity index is 1410. The predicted molar refractivity (Wildman–Crippen MR) is 127 cm³/mol. The molecule has 3 heterocycles. The third-order valence-corrected chi connectivity index (χ3v) is 6.08. The van der Waals surface area contributed by atoms with Crippen LogP contribution in [0.25, 0.3) is 17.8 Å². The second-order valence-corrected chi connectivity index (χ2v) is 8.36. The molecule has 2 aromatic carbocycles. The van der Waals surface area contributed by atoms with E-state index >= 15 is 0 Å². The summed E-state index contributed by atoms with van der Waals surface area (Å²) in [5, 5.41) is 25.2. The lowest BCUT2D eigenvalue weighted by Crippen LogP contribution is -2.35. The Morgan fingerprint density at radius 2 is 2.00 bits per heavy atom. The van der Waals surface area contributed by atoms with E-state index in [1.54, 1.807) is 42.4 Å². The summed E-state index contributed by atoms with van der Waals surface area (Å²) in [7, 11) is 1.64. The SMILES string of the molecule is COc1cc(/C=C/c2nc3n(n2)CCC[C@]3(O)c2ccc(C#N)cc2)ccc1-n1cnc(C)c1. The van der Waals surface area contributed by atoms with Crippen molar-refractivity contribution in [3.63, 3.8) is 0 Å². The van der Waals surface area contributed by atoms with Crippen LogP contribution in [-0.4, -0.2) is 36.5 Å². The van der Waals surface area contributed by atoms with Crippen molar-refractivity contribution < 1.29 is 9.84 Å².